The second-order valence-corrected chi connectivity index (χ2v) is 12.5. The summed E-state index contributed by atoms with van der Waals surface area (Å²) in [5.41, 5.74) is 3.91. The number of ether oxygens (including phenoxy) is 1. The van der Waals surface area contributed by atoms with Gasteiger partial charge in [0.2, 0.25) is 12.3 Å². The SMILES string of the molecule is CC(CNC(O)N=C1SCC(=O)N1c1ccccc1C(C)(C)C)c1ccc(-c2ncn(-c3ccc(OC(F)(F)F)cc3)n2)cc1. The first-order chi connectivity index (χ1) is 21.3. The first kappa shape index (κ1) is 32.2. The number of benzene rings is 3. The molecule has 0 bridgehead atoms. The van der Waals surface area contributed by atoms with Crippen molar-refractivity contribution in [3.63, 3.8) is 0 Å². The highest BCUT2D eigenvalue weighted by molar-refractivity contribution is 8.15. The molecule has 3 aromatic carbocycles. The lowest BCUT2D eigenvalue weighted by Crippen LogP contribution is -2.36. The van der Waals surface area contributed by atoms with Gasteiger partial charge >= 0.3 is 6.36 Å². The molecule has 0 spiro atoms. The largest absolute Gasteiger partial charge is 0.573 e. The molecule has 4 aromatic rings. The molecule has 2 atom stereocenters. The van der Waals surface area contributed by atoms with Crippen molar-refractivity contribution in [2.45, 2.75) is 51.7 Å². The molecule has 0 saturated carbocycles. The maximum atomic E-state index is 12.8. The van der Waals surface area contributed by atoms with Crippen molar-refractivity contribution in [1.29, 1.82) is 0 Å². The Kier molecular flexibility index (Phi) is 9.33. The van der Waals surface area contributed by atoms with Crippen LogP contribution in [0, 0.1) is 0 Å². The number of carbonyl (C=O) groups excluding carboxylic acids is 1. The predicted molar refractivity (Wildman–Crippen MR) is 168 cm³/mol. The van der Waals surface area contributed by atoms with Gasteiger partial charge in [0.25, 0.3) is 0 Å². The number of nitrogens with zero attached hydrogens (tertiary/aromatic N) is 5. The van der Waals surface area contributed by atoms with E-state index in [0.29, 0.717) is 23.2 Å². The van der Waals surface area contributed by atoms with E-state index in [1.165, 1.54) is 47.0 Å². The van der Waals surface area contributed by atoms with Gasteiger partial charge < -0.3 is 9.84 Å². The Morgan fingerprint density at radius 1 is 1.04 bits per heavy atom. The minimum Gasteiger partial charge on any atom is -0.406 e. The molecule has 1 saturated heterocycles. The topological polar surface area (TPSA) is 105 Å². The number of amides is 1. The van der Waals surface area contributed by atoms with Crippen LogP contribution < -0.4 is 15.0 Å². The maximum Gasteiger partial charge on any atom is 0.573 e. The summed E-state index contributed by atoms with van der Waals surface area (Å²) in [6.45, 7) is 8.71. The summed E-state index contributed by atoms with van der Waals surface area (Å²) in [6, 6.07) is 20.8. The van der Waals surface area contributed by atoms with Crippen LogP contribution in [0.15, 0.2) is 84.1 Å². The molecule has 0 radical (unpaired) electrons. The summed E-state index contributed by atoms with van der Waals surface area (Å²) >= 11 is 1.30. The van der Waals surface area contributed by atoms with Gasteiger partial charge in [-0.25, -0.2) is 14.7 Å². The number of aliphatic imine (C=N–C) groups is 1. The standard InChI is InChI=1S/C32H33F3N6O3S/c1-20(17-36-29(43)38-30-41(27(42)18-45-30)26-8-6-5-7-25(26)31(2,3)4)21-9-11-22(12-10-21)28-37-19-40(39-28)23-13-15-24(16-14-23)44-32(33,34)35/h5-16,19-20,29,36,43H,17-18H2,1-4H3. The quantitative estimate of drug-likeness (QED) is 0.209. The number of rotatable bonds is 9. The maximum absolute atomic E-state index is 12.8. The van der Waals surface area contributed by atoms with E-state index < -0.39 is 12.7 Å². The van der Waals surface area contributed by atoms with Crippen molar-refractivity contribution < 1.29 is 27.8 Å². The van der Waals surface area contributed by atoms with Crippen LogP contribution in [0.3, 0.4) is 0 Å². The van der Waals surface area contributed by atoms with Crippen molar-refractivity contribution >= 4 is 28.5 Å². The summed E-state index contributed by atoms with van der Waals surface area (Å²) in [5.74, 6) is 0.331. The third-order valence-corrected chi connectivity index (χ3v) is 8.06. The summed E-state index contributed by atoms with van der Waals surface area (Å²) in [6.07, 6.45) is -4.48. The molecule has 45 heavy (non-hydrogen) atoms. The molecule has 2 unspecified atom stereocenters. The average Bonchev–Trinajstić information content (AvgIpc) is 3.62. The molecule has 1 aliphatic rings. The number of halogens is 3. The second kappa shape index (κ2) is 13.0. The molecule has 1 amide bonds. The highest BCUT2D eigenvalue weighted by atomic mass is 32.2. The van der Waals surface area contributed by atoms with Gasteiger partial charge in [-0.05, 0) is 52.8 Å². The Balaban J connectivity index is 1.20. The van der Waals surface area contributed by atoms with Crippen molar-refractivity contribution in [2.75, 3.05) is 17.2 Å². The third kappa shape index (κ3) is 7.91. The zero-order chi connectivity index (χ0) is 32.4. The summed E-state index contributed by atoms with van der Waals surface area (Å²) in [7, 11) is 0. The highest BCUT2D eigenvalue weighted by Crippen LogP contribution is 2.36. The number of hydrogen-bond acceptors (Lipinski definition) is 8. The van der Waals surface area contributed by atoms with Gasteiger partial charge in [0.1, 0.15) is 12.1 Å². The molecular formula is C32H33F3N6O3S. The van der Waals surface area contributed by atoms with Crippen LogP contribution in [0.1, 0.15) is 44.7 Å². The number of aliphatic hydroxyl groups excluding tert-OH is 1. The van der Waals surface area contributed by atoms with Crippen LogP contribution in [0.2, 0.25) is 0 Å². The average molecular weight is 639 g/mol. The molecule has 2 heterocycles. The number of anilines is 1. The summed E-state index contributed by atoms with van der Waals surface area (Å²) < 4.78 is 42.7. The number of aromatic nitrogens is 3. The van der Waals surface area contributed by atoms with Crippen LogP contribution in [-0.2, 0) is 10.2 Å². The van der Waals surface area contributed by atoms with Gasteiger partial charge in [-0.1, -0.05) is 81.9 Å². The van der Waals surface area contributed by atoms with E-state index in [4.69, 9.17) is 0 Å². The van der Waals surface area contributed by atoms with E-state index in [1.54, 1.807) is 4.90 Å². The van der Waals surface area contributed by atoms with E-state index in [0.717, 1.165) is 22.4 Å². The zero-order valence-electron chi connectivity index (χ0n) is 25.1. The Morgan fingerprint density at radius 3 is 2.40 bits per heavy atom. The van der Waals surface area contributed by atoms with Gasteiger partial charge in [0.15, 0.2) is 11.0 Å². The Bertz CT molecular complexity index is 1670. The normalized spacial score (nSPS) is 16.3. The smallest absolute Gasteiger partial charge is 0.406 e. The van der Waals surface area contributed by atoms with Crippen LogP contribution >= 0.6 is 11.8 Å². The molecule has 236 valence electrons. The van der Waals surface area contributed by atoms with Crippen molar-refractivity contribution in [3.8, 4) is 22.8 Å². The van der Waals surface area contributed by atoms with Gasteiger partial charge in [-0.2, -0.15) is 0 Å². The van der Waals surface area contributed by atoms with Crippen molar-refractivity contribution in [1.82, 2.24) is 20.1 Å². The predicted octanol–water partition coefficient (Wildman–Crippen LogP) is 6.24. The monoisotopic (exact) mass is 638 g/mol. The van der Waals surface area contributed by atoms with E-state index >= 15 is 0 Å². The molecule has 1 fully saturated rings. The summed E-state index contributed by atoms with van der Waals surface area (Å²) in [4.78, 5) is 23.2. The second-order valence-electron chi connectivity index (χ2n) is 11.6. The highest BCUT2D eigenvalue weighted by Gasteiger charge is 2.34. The van der Waals surface area contributed by atoms with Gasteiger partial charge in [0, 0.05) is 12.1 Å². The molecule has 1 aliphatic heterocycles. The van der Waals surface area contributed by atoms with Crippen LogP contribution in [-0.4, -0.2) is 56.0 Å². The van der Waals surface area contributed by atoms with Gasteiger partial charge in [-0.15, -0.1) is 18.3 Å². The molecule has 2 N–H and O–H groups in total. The number of thioether (sulfide) groups is 1. The Hall–Kier alpha value is -4.20. The Morgan fingerprint density at radius 2 is 1.73 bits per heavy atom. The van der Waals surface area contributed by atoms with Crippen LogP contribution in [0.5, 0.6) is 5.75 Å². The van der Waals surface area contributed by atoms with Gasteiger partial charge in [0.05, 0.1) is 17.1 Å². The number of aliphatic hydroxyl groups is 1. The molecule has 5 rings (SSSR count). The number of nitrogens with one attached hydrogen (secondary N) is 1. The lowest BCUT2D eigenvalue weighted by atomic mass is 9.85. The van der Waals surface area contributed by atoms with E-state index in [1.807, 2.05) is 55.5 Å². The number of carbonyl (C=O) groups is 1. The minimum atomic E-state index is -4.76. The van der Waals surface area contributed by atoms with Gasteiger partial charge in [-0.3, -0.25) is 15.0 Å². The molecular weight excluding hydrogens is 605 g/mol. The van der Waals surface area contributed by atoms with Crippen molar-refractivity contribution in [3.05, 3.63) is 90.3 Å². The number of hydrogen-bond donors (Lipinski definition) is 2. The fourth-order valence-corrected chi connectivity index (χ4v) is 5.71. The van der Waals surface area contributed by atoms with E-state index in [2.05, 4.69) is 45.9 Å². The number of alkyl halides is 3. The fourth-order valence-electron chi connectivity index (χ4n) is 4.83. The lowest BCUT2D eigenvalue weighted by molar-refractivity contribution is -0.274. The Labute approximate surface area is 263 Å². The minimum absolute atomic E-state index is 0.0208. The number of para-hydroxylation sites is 1. The fraction of sp³-hybridized carbons (Fsp3) is 0.312. The zero-order valence-corrected chi connectivity index (χ0v) is 25.9. The third-order valence-electron chi connectivity index (χ3n) is 7.12. The van der Waals surface area contributed by atoms with Crippen LogP contribution in [0.4, 0.5) is 18.9 Å². The van der Waals surface area contributed by atoms with Crippen LogP contribution in [0.25, 0.3) is 17.1 Å². The molecule has 0 aliphatic carbocycles. The summed E-state index contributed by atoms with van der Waals surface area (Å²) in [5, 5.41) is 18.6. The van der Waals surface area contributed by atoms with E-state index in [9.17, 15) is 23.1 Å². The first-order valence-electron chi connectivity index (χ1n) is 14.2. The number of amidine groups is 1. The van der Waals surface area contributed by atoms with Crippen molar-refractivity contribution in [2.24, 2.45) is 4.99 Å². The molecule has 9 nitrogen and oxygen atoms in total. The first-order valence-corrected chi connectivity index (χ1v) is 15.2. The molecule has 13 heteroatoms. The lowest BCUT2D eigenvalue weighted by Gasteiger charge is -2.27. The van der Waals surface area contributed by atoms with E-state index in [-0.39, 0.29) is 28.7 Å². The molecule has 1 aromatic heterocycles.